The summed E-state index contributed by atoms with van der Waals surface area (Å²) >= 11 is 3.25. The molecule has 0 aliphatic rings. The number of carboxylic acid groups (broad SMARTS) is 1. The average molecular weight is 351 g/mol. The van der Waals surface area contributed by atoms with E-state index in [9.17, 15) is 9.59 Å². The van der Waals surface area contributed by atoms with Crippen LogP contribution in [0.4, 0.5) is 5.69 Å². The first kappa shape index (κ1) is 15.3. The molecule has 0 spiro atoms. The molecule has 5 nitrogen and oxygen atoms in total. The normalized spacial score (nSPS) is 10.6. The summed E-state index contributed by atoms with van der Waals surface area (Å²) < 4.78 is 1.91. The molecule has 6 heteroatoms. The maximum atomic E-state index is 12.2. The molecule has 110 valence electrons. The second-order valence-electron chi connectivity index (χ2n) is 4.80. The third kappa shape index (κ3) is 3.33. The predicted octanol–water partition coefficient (Wildman–Crippen LogP) is 2.18. The smallest absolute Gasteiger partial charge is 0.307 e. The molecular formula is C15H15BrN2O3. The molecule has 3 N–H and O–H groups in total. The molecule has 2 rings (SSSR count). The van der Waals surface area contributed by atoms with Gasteiger partial charge in [-0.1, -0.05) is 24.3 Å². The fourth-order valence-electron chi connectivity index (χ4n) is 2.08. The summed E-state index contributed by atoms with van der Waals surface area (Å²) in [5.74, 6) is -0.903. The van der Waals surface area contributed by atoms with Gasteiger partial charge < -0.3 is 15.4 Å². The highest BCUT2D eigenvalue weighted by atomic mass is 79.9. The van der Waals surface area contributed by atoms with Crippen LogP contribution in [0.15, 0.2) is 39.7 Å². The van der Waals surface area contributed by atoms with Crippen molar-refractivity contribution >= 4 is 27.6 Å². The lowest BCUT2D eigenvalue weighted by atomic mass is 10.0. The van der Waals surface area contributed by atoms with E-state index in [2.05, 4.69) is 15.9 Å². The summed E-state index contributed by atoms with van der Waals surface area (Å²) in [6.45, 7) is 2.05. The van der Waals surface area contributed by atoms with E-state index >= 15 is 0 Å². The second-order valence-corrected chi connectivity index (χ2v) is 5.59. The highest BCUT2D eigenvalue weighted by Gasteiger charge is 2.11. The maximum absolute atomic E-state index is 12.2. The van der Waals surface area contributed by atoms with Gasteiger partial charge in [-0.25, -0.2) is 0 Å². The molecule has 0 amide bonds. The van der Waals surface area contributed by atoms with E-state index in [4.69, 9.17) is 10.8 Å². The topological polar surface area (TPSA) is 85.3 Å². The highest BCUT2D eigenvalue weighted by Crippen LogP contribution is 2.18. The number of hydrogen-bond acceptors (Lipinski definition) is 3. The van der Waals surface area contributed by atoms with Crippen molar-refractivity contribution in [2.45, 2.75) is 19.9 Å². The largest absolute Gasteiger partial charge is 0.481 e. The molecule has 21 heavy (non-hydrogen) atoms. The Bertz CT molecular complexity index is 753. The number of carbonyl (C=O) groups is 1. The number of pyridine rings is 1. The maximum Gasteiger partial charge on any atom is 0.307 e. The molecule has 0 unspecified atom stereocenters. The van der Waals surface area contributed by atoms with Gasteiger partial charge in [0.25, 0.3) is 5.56 Å². The van der Waals surface area contributed by atoms with Crippen molar-refractivity contribution in [2.24, 2.45) is 0 Å². The van der Waals surface area contributed by atoms with Crippen molar-refractivity contribution in [1.82, 2.24) is 4.57 Å². The first-order valence-electron chi connectivity index (χ1n) is 6.33. The zero-order valence-electron chi connectivity index (χ0n) is 11.5. The summed E-state index contributed by atoms with van der Waals surface area (Å²) in [5, 5.41) is 8.94. The number of rotatable bonds is 4. The molecule has 1 aromatic carbocycles. The number of aliphatic carboxylic acids is 1. The van der Waals surface area contributed by atoms with Crippen LogP contribution in [-0.2, 0) is 17.8 Å². The minimum absolute atomic E-state index is 0.0760. The first-order chi connectivity index (χ1) is 9.90. The second kappa shape index (κ2) is 6.13. The van der Waals surface area contributed by atoms with E-state index in [-0.39, 0.29) is 18.5 Å². The van der Waals surface area contributed by atoms with Crippen LogP contribution in [0.1, 0.15) is 16.7 Å². The van der Waals surface area contributed by atoms with Crippen molar-refractivity contribution in [1.29, 1.82) is 0 Å². The van der Waals surface area contributed by atoms with Gasteiger partial charge in [0.2, 0.25) is 0 Å². The minimum atomic E-state index is -0.903. The van der Waals surface area contributed by atoms with E-state index in [1.807, 2.05) is 12.1 Å². The number of carboxylic acids is 1. The predicted molar refractivity (Wildman–Crippen MR) is 84.4 cm³/mol. The number of hydrogen-bond donors (Lipinski definition) is 2. The van der Waals surface area contributed by atoms with Crippen LogP contribution >= 0.6 is 15.9 Å². The Kier molecular flexibility index (Phi) is 4.47. The van der Waals surface area contributed by atoms with Crippen molar-refractivity contribution < 1.29 is 9.90 Å². The number of benzene rings is 1. The van der Waals surface area contributed by atoms with E-state index < -0.39 is 5.97 Å². The molecule has 0 saturated heterocycles. The summed E-state index contributed by atoms with van der Waals surface area (Å²) in [4.78, 5) is 23.1. The van der Waals surface area contributed by atoms with Gasteiger partial charge in [-0.3, -0.25) is 9.59 Å². The summed E-state index contributed by atoms with van der Waals surface area (Å²) in [7, 11) is 0. The Labute approximate surface area is 130 Å². The lowest BCUT2D eigenvalue weighted by Crippen LogP contribution is -2.23. The summed E-state index contributed by atoms with van der Waals surface area (Å²) in [5.41, 5.74) is 8.38. The summed E-state index contributed by atoms with van der Waals surface area (Å²) in [6, 6.07) is 7.16. The number of nitrogen functional groups attached to an aromatic ring is 1. The quantitative estimate of drug-likeness (QED) is 0.884. The molecule has 0 saturated carbocycles. The van der Waals surface area contributed by atoms with E-state index in [0.717, 1.165) is 5.56 Å². The van der Waals surface area contributed by atoms with Crippen molar-refractivity contribution in [2.75, 3.05) is 5.73 Å². The molecule has 1 aromatic heterocycles. The molecule has 2 aromatic rings. The third-order valence-electron chi connectivity index (χ3n) is 3.31. The van der Waals surface area contributed by atoms with Crippen LogP contribution in [0.2, 0.25) is 0 Å². The van der Waals surface area contributed by atoms with Gasteiger partial charge in [0, 0.05) is 6.20 Å². The lowest BCUT2D eigenvalue weighted by molar-refractivity contribution is -0.136. The van der Waals surface area contributed by atoms with Crippen molar-refractivity contribution in [3.63, 3.8) is 0 Å². The van der Waals surface area contributed by atoms with E-state index in [1.54, 1.807) is 25.3 Å². The van der Waals surface area contributed by atoms with Crippen LogP contribution in [0.5, 0.6) is 0 Å². The van der Waals surface area contributed by atoms with Gasteiger partial charge in [0.1, 0.15) is 0 Å². The van der Waals surface area contributed by atoms with Crippen molar-refractivity contribution in [3.8, 4) is 0 Å². The number of aromatic nitrogens is 1. The molecule has 0 fully saturated rings. The molecule has 0 aliphatic heterocycles. The number of nitrogens with zero attached hydrogens (tertiary/aromatic N) is 1. The number of nitrogens with two attached hydrogens (primary N) is 1. The molecule has 0 bridgehead atoms. The van der Waals surface area contributed by atoms with E-state index in [1.165, 1.54) is 4.57 Å². The fraction of sp³-hybridized carbons (Fsp3) is 0.200. The molecule has 1 heterocycles. The minimum Gasteiger partial charge on any atom is -0.481 e. The van der Waals surface area contributed by atoms with Gasteiger partial charge in [0.05, 0.1) is 23.1 Å². The molecule has 0 aliphatic carbocycles. The van der Waals surface area contributed by atoms with Gasteiger partial charge in [-0.2, -0.15) is 0 Å². The third-order valence-corrected chi connectivity index (χ3v) is 4.24. The zero-order valence-corrected chi connectivity index (χ0v) is 13.1. The molecule has 0 atom stereocenters. The Morgan fingerprint density at radius 1 is 1.33 bits per heavy atom. The highest BCUT2D eigenvalue weighted by molar-refractivity contribution is 9.10. The van der Waals surface area contributed by atoms with Crippen LogP contribution in [0.3, 0.4) is 0 Å². The Morgan fingerprint density at radius 2 is 1.95 bits per heavy atom. The Hall–Kier alpha value is -2.08. The first-order valence-corrected chi connectivity index (χ1v) is 7.13. The van der Waals surface area contributed by atoms with Gasteiger partial charge in [-0.05, 0) is 39.5 Å². The Balaban J connectivity index is 2.44. The molecular weight excluding hydrogens is 336 g/mol. The fourth-order valence-corrected chi connectivity index (χ4v) is 2.54. The SMILES string of the molecule is Cc1c(N)cn(Cc2ccccc2CC(=O)O)c(=O)c1Br. The summed E-state index contributed by atoms with van der Waals surface area (Å²) in [6.07, 6.45) is 1.51. The van der Waals surface area contributed by atoms with Crippen LogP contribution in [0.25, 0.3) is 0 Å². The average Bonchev–Trinajstić information content (AvgIpc) is 2.44. The van der Waals surface area contributed by atoms with E-state index in [0.29, 0.717) is 21.3 Å². The Morgan fingerprint density at radius 3 is 2.57 bits per heavy atom. The lowest BCUT2D eigenvalue weighted by Gasteiger charge is -2.13. The zero-order chi connectivity index (χ0) is 15.6. The van der Waals surface area contributed by atoms with Gasteiger partial charge in [0.15, 0.2) is 0 Å². The molecule has 0 radical (unpaired) electrons. The van der Waals surface area contributed by atoms with Crippen LogP contribution in [-0.4, -0.2) is 15.6 Å². The van der Waals surface area contributed by atoms with Crippen LogP contribution in [0, 0.1) is 6.92 Å². The monoisotopic (exact) mass is 350 g/mol. The number of anilines is 1. The van der Waals surface area contributed by atoms with Crippen LogP contribution < -0.4 is 11.3 Å². The van der Waals surface area contributed by atoms with Gasteiger partial charge in [-0.15, -0.1) is 0 Å². The van der Waals surface area contributed by atoms with Gasteiger partial charge >= 0.3 is 5.97 Å². The standard InChI is InChI=1S/C15H15BrN2O3/c1-9-12(17)8-18(15(21)14(9)16)7-11-5-3-2-4-10(11)6-13(19)20/h2-5,8H,6-7,17H2,1H3,(H,19,20). The van der Waals surface area contributed by atoms with Crippen molar-refractivity contribution in [3.05, 3.63) is 62.0 Å². The number of halogens is 1.